The van der Waals surface area contributed by atoms with E-state index in [4.69, 9.17) is 5.11 Å². The topological polar surface area (TPSA) is 43.8 Å². The lowest BCUT2D eigenvalue weighted by atomic mass is 10.0. The van der Waals surface area contributed by atoms with E-state index in [1.807, 2.05) is 6.07 Å². The van der Waals surface area contributed by atoms with Crippen molar-refractivity contribution in [2.75, 3.05) is 31.6 Å². The molecule has 4 nitrogen and oxygen atoms in total. The Kier molecular flexibility index (Phi) is 4.43. The number of carboxylic acids is 1. The number of benzene rings is 1. The zero-order valence-electron chi connectivity index (χ0n) is 11.7. The molecule has 1 saturated heterocycles. The van der Waals surface area contributed by atoms with Gasteiger partial charge < -0.3 is 14.9 Å². The van der Waals surface area contributed by atoms with E-state index in [-0.39, 0.29) is 12.5 Å². The predicted octanol–water partition coefficient (Wildman–Crippen LogP) is 1.98. The third-order valence-corrected chi connectivity index (χ3v) is 3.80. The van der Waals surface area contributed by atoms with E-state index in [9.17, 15) is 4.79 Å². The summed E-state index contributed by atoms with van der Waals surface area (Å²) in [5, 5.41) is 8.89. The van der Waals surface area contributed by atoms with E-state index in [0.29, 0.717) is 6.42 Å². The summed E-state index contributed by atoms with van der Waals surface area (Å²) >= 11 is 0. The van der Waals surface area contributed by atoms with Crippen LogP contribution in [0.15, 0.2) is 24.3 Å². The molecule has 4 heteroatoms. The quantitative estimate of drug-likeness (QED) is 0.901. The molecule has 0 spiro atoms. The fourth-order valence-corrected chi connectivity index (χ4v) is 2.75. The van der Waals surface area contributed by atoms with E-state index in [1.165, 1.54) is 11.3 Å². The number of likely N-dealkylation sites (N-methyl/N-ethyl adjacent to an activating group) is 1. The molecular weight excluding hydrogens is 240 g/mol. The van der Waals surface area contributed by atoms with Crippen LogP contribution in [0.4, 0.5) is 5.69 Å². The van der Waals surface area contributed by atoms with Crippen molar-refractivity contribution < 1.29 is 9.90 Å². The fraction of sp³-hybridized carbons (Fsp3) is 0.533. The van der Waals surface area contributed by atoms with Crippen LogP contribution < -0.4 is 4.90 Å². The van der Waals surface area contributed by atoms with Crippen molar-refractivity contribution in [3.8, 4) is 0 Å². The van der Waals surface area contributed by atoms with Crippen LogP contribution in [0, 0.1) is 6.92 Å². The minimum absolute atomic E-state index is 0.237. The first-order chi connectivity index (χ1) is 9.08. The zero-order valence-corrected chi connectivity index (χ0v) is 11.7. The van der Waals surface area contributed by atoms with E-state index in [0.717, 1.165) is 19.6 Å². The number of anilines is 1. The summed E-state index contributed by atoms with van der Waals surface area (Å²) < 4.78 is 0. The van der Waals surface area contributed by atoms with Crippen LogP contribution >= 0.6 is 0 Å². The molecule has 1 aliphatic rings. The molecule has 0 aliphatic carbocycles. The molecule has 104 valence electrons. The Labute approximate surface area is 114 Å². The van der Waals surface area contributed by atoms with Crippen LogP contribution in [0.5, 0.6) is 0 Å². The number of aliphatic carboxylic acids is 1. The molecule has 0 saturated carbocycles. The molecule has 1 heterocycles. The van der Waals surface area contributed by atoms with Gasteiger partial charge in [-0.2, -0.15) is 0 Å². The van der Waals surface area contributed by atoms with Crippen LogP contribution in [0.3, 0.4) is 0 Å². The van der Waals surface area contributed by atoms with Crippen LogP contribution in [-0.4, -0.2) is 48.7 Å². The maximum Gasteiger partial charge on any atom is 0.303 e. The van der Waals surface area contributed by atoms with Gasteiger partial charge in [-0.1, -0.05) is 18.2 Å². The van der Waals surface area contributed by atoms with Crippen molar-refractivity contribution in [3.05, 3.63) is 29.8 Å². The summed E-state index contributed by atoms with van der Waals surface area (Å²) in [6.45, 7) is 5.03. The highest BCUT2D eigenvalue weighted by Crippen LogP contribution is 2.25. The third-order valence-electron chi connectivity index (χ3n) is 3.80. The summed E-state index contributed by atoms with van der Waals surface area (Å²) in [6, 6.07) is 8.63. The van der Waals surface area contributed by atoms with Crippen molar-refractivity contribution >= 4 is 11.7 Å². The molecule has 0 radical (unpaired) electrons. The number of piperazine rings is 1. The lowest BCUT2D eigenvalue weighted by molar-refractivity contribution is -0.137. The van der Waals surface area contributed by atoms with Gasteiger partial charge in [-0.3, -0.25) is 4.79 Å². The Hall–Kier alpha value is -1.55. The average molecular weight is 262 g/mol. The van der Waals surface area contributed by atoms with Gasteiger partial charge in [0.05, 0.1) is 0 Å². The number of rotatable bonds is 4. The van der Waals surface area contributed by atoms with Gasteiger partial charge in [-0.05, 0) is 32.0 Å². The summed E-state index contributed by atoms with van der Waals surface area (Å²) in [5.74, 6) is -0.710. The number of para-hydroxylation sites is 1. The largest absolute Gasteiger partial charge is 0.481 e. The second kappa shape index (κ2) is 6.06. The second-order valence-corrected chi connectivity index (χ2v) is 5.33. The maximum absolute atomic E-state index is 10.8. The summed E-state index contributed by atoms with van der Waals surface area (Å²) in [5.41, 5.74) is 2.50. The molecule has 1 unspecified atom stereocenters. The van der Waals surface area contributed by atoms with Gasteiger partial charge >= 0.3 is 5.97 Å². The molecule has 0 aromatic heterocycles. The Morgan fingerprint density at radius 1 is 1.37 bits per heavy atom. The smallest absolute Gasteiger partial charge is 0.303 e. The van der Waals surface area contributed by atoms with Crippen molar-refractivity contribution in [3.63, 3.8) is 0 Å². The van der Waals surface area contributed by atoms with Crippen LogP contribution in [-0.2, 0) is 4.79 Å². The molecule has 2 rings (SSSR count). The second-order valence-electron chi connectivity index (χ2n) is 5.33. The van der Waals surface area contributed by atoms with Gasteiger partial charge in [0.25, 0.3) is 0 Å². The van der Waals surface area contributed by atoms with Gasteiger partial charge in [0, 0.05) is 37.8 Å². The normalized spacial score (nSPS) is 20.5. The van der Waals surface area contributed by atoms with E-state index >= 15 is 0 Å². The number of aryl methyl sites for hydroxylation is 1. The summed E-state index contributed by atoms with van der Waals surface area (Å²) in [4.78, 5) is 15.5. The van der Waals surface area contributed by atoms with Crippen LogP contribution in [0.25, 0.3) is 0 Å². The first-order valence-corrected chi connectivity index (χ1v) is 6.80. The average Bonchev–Trinajstić information content (AvgIpc) is 2.37. The number of carbonyl (C=O) groups is 1. The van der Waals surface area contributed by atoms with E-state index in [2.05, 4.69) is 42.0 Å². The summed E-state index contributed by atoms with van der Waals surface area (Å²) in [6.07, 6.45) is 0.939. The highest BCUT2D eigenvalue weighted by atomic mass is 16.4. The highest BCUT2D eigenvalue weighted by molar-refractivity contribution is 5.67. The number of carboxylic acid groups (broad SMARTS) is 1. The molecule has 1 aliphatic heterocycles. The van der Waals surface area contributed by atoms with Crippen molar-refractivity contribution in [1.29, 1.82) is 0 Å². The van der Waals surface area contributed by atoms with Gasteiger partial charge in [-0.25, -0.2) is 0 Å². The monoisotopic (exact) mass is 262 g/mol. The minimum atomic E-state index is -0.710. The first kappa shape index (κ1) is 13.9. The first-order valence-electron chi connectivity index (χ1n) is 6.80. The number of hydrogen-bond acceptors (Lipinski definition) is 3. The summed E-state index contributed by atoms with van der Waals surface area (Å²) in [7, 11) is 2.10. The Balaban J connectivity index is 2.16. The minimum Gasteiger partial charge on any atom is -0.481 e. The Bertz CT molecular complexity index is 448. The third kappa shape index (κ3) is 3.47. The van der Waals surface area contributed by atoms with Crippen LogP contribution in [0.2, 0.25) is 0 Å². The van der Waals surface area contributed by atoms with E-state index in [1.54, 1.807) is 0 Å². The number of hydrogen-bond donors (Lipinski definition) is 1. The lowest BCUT2D eigenvalue weighted by Crippen LogP contribution is -2.52. The lowest BCUT2D eigenvalue weighted by Gasteiger charge is -2.42. The van der Waals surface area contributed by atoms with Crippen molar-refractivity contribution in [1.82, 2.24) is 4.90 Å². The standard InChI is InChI=1S/C15H22N2O2/c1-12-5-3-4-6-14(12)17-10-9-16(2)11-13(17)7-8-15(18)19/h3-6,13H,7-11H2,1-2H3,(H,18,19). The van der Waals surface area contributed by atoms with Crippen molar-refractivity contribution in [2.45, 2.75) is 25.8 Å². The van der Waals surface area contributed by atoms with Gasteiger partial charge in [-0.15, -0.1) is 0 Å². The SMILES string of the molecule is Cc1ccccc1N1CCN(C)CC1CCC(=O)O. The van der Waals surface area contributed by atoms with Crippen molar-refractivity contribution in [2.24, 2.45) is 0 Å². The maximum atomic E-state index is 10.8. The Morgan fingerprint density at radius 3 is 2.79 bits per heavy atom. The van der Waals surface area contributed by atoms with Gasteiger partial charge in [0.15, 0.2) is 0 Å². The zero-order chi connectivity index (χ0) is 13.8. The Morgan fingerprint density at radius 2 is 2.11 bits per heavy atom. The molecule has 1 N–H and O–H groups in total. The highest BCUT2D eigenvalue weighted by Gasteiger charge is 2.26. The van der Waals surface area contributed by atoms with E-state index < -0.39 is 5.97 Å². The van der Waals surface area contributed by atoms with Gasteiger partial charge in [0.2, 0.25) is 0 Å². The van der Waals surface area contributed by atoms with Crippen LogP contribution in [0.1, 0.15) is 18.4 Å². The molecule has 0 amide bonds. The molecule has 0 bridgehead atoms. The molecule has 19 heavy (non-hydrogen) atoms. The number of nitrogens with zero attached hydrogens (tertiary/aromatic N) is 2. The predicted molar refractivity (Wildman–Crippen MR) is 76.7 cm³/mol. The fourth-order valence-electron chi connectivity index (χ4n) is 2.75. The molecule has 1 atom stereocenters. The molecule has 1 aromatic rings. The molecule has 1 aromatic carbocycles. The van der Waals surface area contributed by atoms with Gasteiger partial charge in [0.1, 0.15) is 0 Å². The molecule has 1 fully saturated rings. The molecular formula is C15H22N2O2.